The molecule has 2 rings (SSSR count). The van der Waals surface area contributed by atoms with Gasteiger partial charge in [-0.15, -0.1) is 0 Å². The standard InChI is InChI=1S/C14H18N4O/c1-3-11(6-7-15)17-13(12-5-4-10-19-12)14-16-8-9-18(14)2/h4-5,8-11,13,17H,3,6H2,1-2H3. The molecule has 0 spiro atoms. The summed E-state index contributed by atoms with van der Waals surface area (Å²) < 4.78 is 7.46. The molecule has 0 aromatic carbocycles. The van der Waals surface area contributed by atoms with E-state index in [4.69, 9.17) is 9.68 Å². The molecule has 19 heavy (non-hydrogen) atoms. The quantitative estimate of drug-likeness (QED) is 0.863. The molecule has 0 radical (unpaired) electrons. The molecule has 0 saturated carbocycles. The van der Waals surface area contributed by atoms with Crippen molar-refractivity contribution in [1.82, 2.24) is 14.9 Å². The molecular formula is C14H18N4O. The zero-order chi connectivity index (χ0) is 13.7. The Morgan fingerprint density at radius 1 is 1.58 bits per heavy atom. The summed E-state index contributed by atoms with van der Waals surface area (Å²) in [6.45, 7) is 2.06. The van der Waals surface area contributed by atoms with Crippen LogP contribution in [-0.4, -0.2) is 15.6 Å². The molecule has 0 bridgehead atoms. The molecule has 2 aromatic rings. The van der Waals surface area contributed by atoms with Gasteiger partial charge in [0, 0.05) is 25.5 Å². The maximum Gasteiger partial charge on any atom is 0.133 e. The molecule has 0 fully saturated rings. The second-order valence-electron chi connectivity index (χ2n) is 4.48. The number of nitrogens with zero attached hydrogens (tertiary/aromatic N) is 3. The number of imidazole rings is 1. The third-order valence-corrected chi connectivity index (χ3v) is 3.18. The summed E-state index contributed by atoms with van der Waals surface area (Å²) in [5, 5.41) is 12.3. The summed E-state index contributed by atoms with van der Waals surface area (Å²) in [7, 11) is 1.95. The average molecular weight is 258 g/mol. The van der Waals surface area contributed by atoms with E-state index < -0.39 is 0 Å². The van der Waals surface area contributed by atoms with E-state index >= 15 is 0 Å². The van der Waals surface area contributed by atoms with Crippen LogP contribution in [0, 0.1) is 11.3 Å². The van der Waals surface area contributed by atoms with Crippen molar-refractivity contribution in [3.63, 3.8) is 0 Å². The van der Waals surface area contributed by atoms with E-state index in [-0.39, 0.29) is 12.1 Å². The van der Waals surface area contributed by atoms with Gasteiger partial charge in [-0.2, -0.15) is 5.26 Å². The third-order valence-electron chi connectivity index (χ3n) is 3.18. The average Bonchev–Trinajstić information content (AvgIpc) is 3.06. The number of aromatic nitrogens is 2. The molecule has 100 valence electrons. The second kappa shape index (κ2) is 6.21. The number of furan rings is 1. The van der Waals surface area contributed by atoms with Crippen LogP contribution in [0.15, 0.2) is 35.2 Å². The molecule has 1 N–H and O–H groups in total. The number of nitriles is 1. The molecule has 0 amide bonds. The second-order valence-corrected chi connectivity index (χ2v) is 4.48. The smallest absolute Gasteiger partial charge is 0.133 e. The monoisotopic (exact) mass is 258 g/mol. The van der Waals surface area contributed by atoms with Gasteiger partial charge in [-0.1, -0.05) is 6.92 Å². The molecule has 0 aliphatic heterocycles. The number of hydrogen-bond donors (Lipinski definition) is 1. The third kappa shape index (κ3) is 3.04. The predicted molar refractivity (Wildman–Crippen MR) is 71.2 cm³/mol. The van der Waals surface area contributed by atoms with Crippen molar-refractivity contribution < 1.29 is 4.42 Å². The van der Waals surface area contributed by atoms with Crippen LogP contribution in [0.2, 0.25) is 0 Å². The lowest BCUT2D eigenvalue weighted by Gasteiger charge is -2.21. The van der Waals surface area contributed by atoms with Crippen LogP contribution in [0.5, 0.6) is 0 Å². The van der Waals surface area contributed by atoms with Crippen LogP contribution in [0.25, 0.3) is 0 Å². The summed E-state index contributed by atoms with van der Waals surface area (Å²) in [6, 6.07) is 5.98. The Hall–Kier alpha value is -2.06. The summed E-state index contributed by atoms with van der Waals surface area (Å²) in [4.78, 5) is 4.38. The first-order valence-electron chi connectivity index (χ1n) is 6.39. The Bertz CT molecular complexity index is 538. The van der Waals surface area contributed by atoms with Gasteiger partial charge in [0.15, 0.2) is 0 Å². The topological polar surface area (TPSA) is 66.8 Å². The lowest BCUT2D eigenvalue weighted by molar-refractivity contribution is 0.384. The normalized spacial score (nSPS) is 13.9. The Morgan fingerprint density at radius 2 is 2.42 bits per heavy atom. The molecule has 2 unspecified atom stereocenters. The highest BCUT2D eigenvalue weighted by atomic mass is 16.3. The molecule has 0 aliphatic rings. The highest BCUT2D eigenvalue weighted by Crippen LogP contribution is 2.22. The van der Waals surface area contributed by atoms with Crippen LogP contribution in [-0.2, 0) is 7.05 Å². The summed E-state index contributed by atoms with van der Waals surface area (Å²) >= 11 is 0. The lowest BCUT2D eigenvalue weighted by atomic mass is 10.1. The van der Waals surface area contributed by atoms with Gasteiger partial charge in [0.25, 0.3) is 0 Å². The SMILES string of the molecule is CCC(CC#N)NC(c1ccco1)c1nccn1C. The highest BCUT2D eigenvalue weighted by Gasteiger charge is 2.23. The van der Waals surface area contributed by atoms with Crippen molar-refractivity contribution in [2.75, 3.05) is 0 Å². The fourth-order valence-corrected chi connectivity index (χ4v) is 2.06. The zero-order valence-electron chi connectivity index (χ0n) is 11.2. The molecular weight excluding hydrogens is 240 g/mol. The molecule has 5 heteroatoms. The number of hydrogen-bond acceptors (Lipinski definition) is 4. The van der Waals surface area contributed by atoms with E-state index in [0.717, 1.165) is 18.0 Å². The Morgan fingerprint density at radius 3 is 2.95 bits per heavy atom. The van der Waals surface area contributed by atoms with E-state index in [2.05, 4.69) is 23.3 Å². The van der Waals surface area contributed by atoms with Crippen molar-refractivity contribution >= 4 is 0 Å². The van der Waals surface area contributed by atoms with Crippen LogP contribution in [0.3, 0.4) is 0 Å². The first-order chi connectivity index (χ1) is 9.26. The Kier molecular flexibility index (Phi) is 4.37. The molecule has 0 saturated heterocycles. The van der Waals surface area contributed by atoms with Gasteiger partial charge in [-0.3, -0.25) is 5.32 Å². The van der Waals surface area contributed by atoms with Crippen molar-refractivity contribution in [1.29, 1.82) is 5.26 Å². The van der Waals surface area contributed by atoms with Crippen LogP contribution in [0.1, 0.15) is 37.4 Å². The fraction of sp³-hybridized carbons (Fsp3) is 0.429. The lowest BCUT2D eigenvalue weighted by Crippen LogP contribution is -2.34. The first kappa shape index (κ1) is 13.4. The van der Waals surface area contributed by atoms with Crippen molar-refractivity contribution in [2.45, 2.75) is 31.8 Å². The number of aryl methyl sites for hydroxylation is 1. The van der Waals surface area contributed by atoms with Crippen LogP contribution >= 0.6 is 0 Å². The first-order valence-corrected chi connectivity index (χ1v) is 6.39. The van der Waals surface area contributed by atoms with Gasteiger partial charge < -0.3 is 8.98 Å². The predicted octanol–water partition coefficient (Wildman–Crippen LogP) is 2.38. The largest absolute Gasteiger partial charge is 0.467 e. The van der Waals surface area contributed by atoms with Gasteiger partial charge >= 0.3 is 0 Å². The van der Waals surface area contributed by atoms with E-state index in [1.807, 2.05) is 29.9 Å². The summed E-state index contributed by atoms with van der Waals surface area (Å²) in [6.07, 6.45) is 6.67. The molecule has 2 aromatic heterocycles. The Balaban J connectivity index is 2.26. The van der Waals surface area contributed by atoms with Gasteiger partial charge in [-0.05, 0) is 18.6 Å². The fourth-order valence-electron chi connectivity index (χ4n) is 2.06. The van der Waals surface area contributed by atoms with Gasteiger partial charge in [0.1, 0.15) is 17.6 Å². The highest BCUT2D eigenvalue weighted by molar-refractivity contribution is 5.16. The van der Waals surface area contributed by atoms with Crippen molar-refractivity contribution in [3.8, 4) is 6.07 Å². The minimum absolute atomic E-state index is 0.122. The molecule has 5 nitrogen and oxygen atoms in total. The van der Waals surface area contributed by atoms with E-state index in [1.165, 1.54) is 0 Å². The van der Waals surface area contributed by atoms with Crippen LogP contribution in [0.4, 0.5) is 0 Å². The maximum absolute atomic E-state index is 8.86. The van der Waals surface area contributed by atoms with Crippen molar-refractivity contribution in [2.24, 2.45) is 7.05 Å². The molecule has 0 aliphatic carbocycles. The van der Waals surface area contributed by atoms with Crippen LogP contribution < -0.4 is 5.32 Å². The summed E-state index contributed by atoms with van der Waals surface area (Å²) in [5.41, 5.74) is 0. The van der Waals surface area contributed by atoms with Crippen molar-refractivity contribution in [3.05, 3.63) is 42.4 Å². The maximum atomic E-state index is 8.86. The molecule has 2 atom stereocenters. The van der Waals surface area contributed by atoms with E-state index in [0.29, 0.717) is 6.42 Å². The van der Waals surface area contributed by atoms with E-state index in [1.54, 1.807) is 12.5 Å². The Labute approximate surface area is 112 Å². The van der Waals surface area contributed by atoms with Gasteiger partial charge in [-0.25, -0.2) is 4.98 Å². The molecule has 2 heterocycles. The van der Waals surface area contributed by atoms with Gasteiger partial charge in [0.05, 0.1) is 18.8 Å². The van der Waals surface area contributed by atoms with Gasteiger partial charge in [0.2, 0.25) is 0 Å². The minimum atomic E-state index is -0.131. The van der Waals surface area contributed by atoms with E-state index in [9.17, 15) is 0 Å². The zero-order valence-corrected chi connectivity index (χ0v) is 11.2. The summed E-state index contributed by atoms with van der Waals surface area (Å²) in [5.74, 6) is 1.69. The minimum Gasteiger partial charge on any atom is -0.467 e. The number of nitrogens with one attached hydrogen (secondary N) is 1. The number of rotatable bonds is 6.